The topological polar surface area (TPSA) is 23.8 Å². The summed E-state index contributed by atoms with van der Waals surface area (Å²) in [6.45, 7) is -6.39. The van der Waals surface area contributed by atoms with Crippen LogP contribution >= 0.6 is 7.26 Å². The largest absolute Gasteiger partial charge is 0.484 e. The highest BCUT2D eigenvalue weighted by molar-refractivity contribution is 8.01. The van der Waals surface area contributed by atoms with Gasteiger partial charge in [0.1, 0.15) is 28.5 Å². The maximum atomic E-state index is 11.7. The molecule has 4 aromatic rings. The van der Waals surface area contributed by atoms with E-state index in [9.17, 15) is 30.6 Å². The summed E-state index contributed by atoms with van der Waals surface area (Å²) < 4.78 is 80.0. The molecule has 0 spiro atoms. The summed E-state index contributed by atoms with van der Waals surface area (Å²) in [4.78, 5) is 0. The fourth-order valence-corrected chi connectivity index (χ4v) is 8.05. The standard InChI is InChI=1S/C24H20P.C3BF7N/c1-5-13-21(14-6-1)25(22-15-7-2-8-16-22,23-17-9-3-10-18-23)24-19-11-4-12-20-24;5-2(6,3(7,8)9)4(10,11)1-12/h1-20H;/q+1;-1. The molecule has 4 rings (SSSR count). The Morgan fingerprint density at radius 3 is 0.919 bits per heavy atom. The monoisotopic (exact) mass is 533 g/mol. The van der Waals surface area contributed by atoms with Crippen LogP contribution in [-0.4, -0.2) is 18.7 Å². The van der Waals surface area contributed by atoms with Gasteiger partial charge in [-0.25, -0.2) is 14.0 Å². The summed E-state index contributed by atoms with van der Waals surface area (Å²) in [5, 5.41) is 12.9. The number of alkyl halides is 5. The van der Waals surface area contributed by atoms with Crippen molar-refractivity contribution >= 4 is 35.2 Å². The van der Waals surface area contributed by atoms with Crippen molar-refractivity contribution in [2.24, 2.45) is 0 Å². The molecule has 0 heterocycles. The molecule has 0 unspecified atom stereocenters. The first-order chi connectivity index (χ1) is 17.5. The van der Waals surface area contributed by atoms with Crippen LogP contribution in [-0.2, 0) is 0 Å². The first kappa shape index (κ1) is 28.0. The van der Waals surface area contributed by atoms with Crippen molar-refractivity contribution in [3.8, 4) is 5.97 Å². The Morgan fingerprint density at radius 1 is 0.514 bits per heavy atom. The fourth-order valence-electron chi connectivity index (χ4n) is 3.79. The Bertz CT molecular complexity index is 1150. The van der Waals surface area contributed by atoms with Crippen molar-refractivity contribution < 1.29 is 30.6 Å². The molecule has 0 bridgehead atoms. The lowest BCUT2D eigenvalue weighted by molar-refractivity contribution is -0.252. The first-order valence-corrected chi connectivity index (χ1v) is 12.8. The van der Waals surface area contributed by atoms with Crippen molar-refractivity contribution in [2.45, 2.75) is 12.0 Å². The number of nitrogens with zero attached hydrogens (tertiary/aromatic N) is 1. The Kier molecular flexibility index (Phi) is 8.45. The van der Waals surface area contributed by atoms with Gasteiger partial charge in [0, 0.05) is 0 Å². The predicted octanol–water partition coefficient (Wildman–Crippen LogP) is 6.47. The molecule has 0 amide bonds. The predicted molar refractivity (Wildman–Crippen MR) is 136 cm³/mol. The Morgan fingerprint density at radius 2 is 0.757 bits per heavy atom. The number of hydrogen-bond acceptors (Lipinski definition) is 1. The fraction of sp³-hybridized carbons (Fsp3) is 0.0741. The summed E-state index contributed by atoms with van der Waals surface area (Å²) in [5.41, 5.74) is 0. The molecule has 10 heteroatoms. The normalized spacial score (nSPS) is 12.2. The van der Waals surface area contributed by atoms with Gasteiger partial charge in [-0.1, -0.05) is 78.8 Å². The van der Waals surface area contributed by atoms with Gasteiger partial charge >= 0.3 is 12.9 Å². The van der Waals surface area contributed by atoms with Crippen LogP contribution in [0.2, 0.25) is 0 Å². The SMILES string of the molecule is N#C[B-](F)(F)C(F)(F)C(F)(F)F.c1ccc([P+](c2ccccc2)(c2ccccc2)c2ccccc2)cc1. The smallest absolute Gasteiger partial charge is 0.461 e. The minimum atomic E-state index is -6.40. The summed E-state index contributed by atoms with van der Waals surface area (Å²) in [6.07, 6.45) is -6.40. The molecule has 0 aliphatic carbocycles. The second-order valence-electron chi connectivity index (χ2n) is 7.93. The third kappa shape index (κ3) is 5.55. The van der Waals surface area contributed by atoms with Gasteiger partial charge < -0.3 is 8.63 Å². The molecule has 37 heavy (non-hydrogen) atoms. The van der Waals surface area contributed by atoms with Crippen LogP contribution in [0.25, 0.3) is 0 Å². The molecule has 0 saturated carbocycles. The molecule has 1 nitrogen and oxygen atoms in total. The molecule has 0 aliphatic heterocycles. The minimum Gasteiger partial charge on any atom is -0.461 e. The summed E-state index contributed by atoms with van der Waals surface area (Å²) in [5.74, 6) is -6.60. The van der Waals surface area contributed by atoms with Gasteiger partial charge in [-0.05, 0) is 48.5 Å². The van der Waals surface area contributed by atoms with E-state index in [1.165, 1.54) is 21.2 Å². The molecule has 0 atom stereocenters. The van der Waals surface area contributed by atoms with Crippen LogP contribution in [0.15, 0.2) is 121 Å². The first-order valence-electron chi connectivity index (χ1n) is 11.0. The van der Waals surface area contributed by atoms with Gasteiger partial charge in [-0.2, -0.15) is 13.2 Å². The summed E-state index contributed by atoms with van der Waals surface area (Å²) in [6, 6.07) is 43.8. The average Bonchev–Trinajstić information content (AvgIpc) is 2.91. The van der Waals surface area contributed by atoms with Crippen molar-refractivity contribution in [3.05, 3.63) is 121 Å². The Hall–Kier alpha value is -3.63. The van der Waals surface area contributed by atoms with Crippen LogP contribution in [0.1, 0.15) is 0 Å². The highest BCUT2D eigenvalue weighted by Crippen LogP contribution is 2.54. The molecule has 0 aliphatic rings. The maximum absolute atomic E-state index is 11.7. The molecular formula is C27H20BF7NP. The molecule has 4 aromatic carbocycles. The molecule has 0 saturated heterocycles. The molecule has 190 valence electrons. The van der Waals surface area contributed by atoms with E-state index in [2.05, 4.69) is 121 Å². The second kappa shape index (κ2) is 11.2. The average molecular weight is 533 g/mol. The zero-order valence-electron chi connectivity index (χ0n) is 19.2. The van der Waals surface area contributed by atoms with Gasteiger partial charge in [-0.15, -0.1) is 0 Å². The third-order valence-corrected chi connectivity index (χ3v) is 9.86. The molecule has 0 N–H and O–H groups in total. The van der Waals surface area contributed by atoms with Gasteiger partial charge in [0.25, 0.3) is 5.82 Å². The highest BCUT2D eigenvalue weighted by Gasteiger charge is 2.68. The van der Waals surface area contributed by atoms with Crippen LogP contribution in [0.4, 0.5) is 30.6 Å². The molecule has 0 fully saturated rings. The molecular weight excluding hydrogens is 513 g/mol. The van der Waals surface area contributed by atoms with E-state index in [1.54, 1.807) is 0 Å². The lowest BCUT2D eigenvalue weighted by Crippen LogP contribution is -2.55. The van der Waals surface area contributed by atoms with E-state index < -0.39 is 26.0 Å². The van der Waals surface area contributed by atoms with E-state index in [0.717, 1.165) is 0 Å². The van der Waals surface area contributed by atoms with E-state index >= 15 is 0 Å². The summed E-state index contributed by atoms with van der Waals surface area (Å²) in [7, 11) is -1.91. The maximum Gasteiger partial charge on any atom is 0.484 e. The second-order valence-corrected chi connectivity index (χ2v) is 11.3. The van der Waals surface area contributed by atoms with Crippen LogP contribution in [0.5, 0.6) is 0 Å². The van der Waals surface area contributed by atoms with Crippen molar-refractivity contribution in [2.75, 3.05) is 0 Å². The number of hydrogen-bond donors (Lipinski definition) is 0. The van der Waals surface area contributed by atoms with Crippen molar-refractivity contribution in [3.63, 3.8) is 0 Å². The van der Waals surface area contributed by atoms with Gasteiger partial charge in [0.2, 0.25) is 0 Å². The van der Waals surface area contributed by atoms with E-state index in [1.807, 2.05) is 0 Å². The van der Waals surface area contributed by atoms with E-state index in [0.29, 0.717) is 0 Å². The third-order valence-electron chi connectivity index (χ3n) is 5.57. The number of nitriles is 1. The lowest BCUT2D eigenvalue weighted by Gasteiger charge is -2.29. The van der Waals surface area contributed by atoms with Crippen molar-refractivity contribution in [1.29, 1.82) is 5.26 Å². The quantitative estimate of drug-likeness (QED) is 0.164. The van der Waals surface area contributed by atoms with Gasteiger partial charge in [0.05, 0.1) is 0 Å². The van der Waals surface area contributed by atoms with Gasteiger partial charge in [-0.3, -0.25) is 0 Å². The Balaban J connectivity index is 0.000000270. The zero-order valence-corrected chi connectivity index (χ0v) is 20.1. The van der Waals surface area contributed by atoms with Crippen LogP contribution < -0.4 is 21.2 Å². The Labute approximate surface area is 210 Å². The highest BCUT2D eigenvalue weighted by atomic mass is 31.2. The molecule has 0 aromatic heterocycles. The lowest BCUT2D eigenvalue weighted by atomic mass is 9.59. The van der Waals surface area contributed by atoms with E-state index in [-0.39, 0.29) is 5.97 Å². The van der Waals surface area contributed by atoms with Crippen LogP contribution in [0, 0.1) is 11.2 Å². The molecule has 0 radical (unpaired) electrons. The minimum absolute atomic E-state index is 0.353. The summed E-state index contributed by atoms with van der Waals surface area (Å²) >= 11 is 0. The van der Waals surface area contributed by atoms with Crippen molar-refractivity contribution in [1.82, 2.24) is 0 Å². The van der Waals surface area contributed by atoms with E-state index in [4.69, 9.17) is 5.26 Å². The number of rotatable bonds is 5. The number of halogens is 7. The van der Waals surface area contributed by atoms with Crippen LogP contribution in [0.3, 0.4) is 0 Å². The zero-order chi connectivity index (χ0) is 27.2. The number of benzene rings is 4. The van der Waals surface area contributed by atoms with Gasteiger partial charge in [0.15, 0.2) is 0 Å².